The Labute approximate surface area is 122 Å². The summed E-state index contributed by atoms with van der Waals surface area (Å²) in [5.74, 6) is 0.383. The average Bonchev–Trinajstić information content (AvgIpc) is 2.61. The number of rotatable bonds is 1. The summed E-state index contributed by atoms with van der Waals surface area (Å²) in [6.45, 7) is 0.723. The number of amides is 1. The smallest absolute Gasteiger partial charge is 0.247 e. The lowest BCUT2D eigenvalue weighted by atomic mass is 10.1. The number of nitrogens with zero attached hydrogens (tertiary/aromatic N) is 3. The van der Waals surface area contributed by atoms with E-state index in [9.17, 15) is 4.79 Å². The van der Waals surface area contributed by atoms with Crippen molar-refractivity contribution in [2.75, 3.05) is 22.7 Å². The van der Waals surface area contributed by atoms with Crippen LogP contribution < -0.4 is 9.80 Å². The number of hydrogen-bond acceptors (Lipinski definition) is 3. The number of carbonyl (C=O) groups is 1. The first-order valence-electron chi connectivity index (χ1n) is 6.35. The molecule has 0 aliphatic carbocycles. The van der Waals surface area contributed by atoms with Crippen molar-refractivity contribution >= 4 is 34.7 Å². The van der Waals surface area contributed by atoms with Gasteiger partial charge in [-0.15, -0.1) is 11.6 Å². The zero-order valence-corrected chi connectivity index (χ0v) is 11.8. The number of pyridine rings is 1. The van der Waals surface area contributed by atoms with E-state index < -0.39 is 0 Å². The van der Waals surface area contributed by atoms with Gasteiger partial charge in [-0.25, -0.2) is 4.98 Å². The van der Waals surface area contributed by atoms with Gasteiger partial charge in [0, 0.05) is 19.8 Å². The summed E-state index contributed by atoms with van der Waals surface area (Å²) in [6.07, 6.45) is 1.69. The summed E-state index contributed by atoms with van der Waals surface area (Å²) >= 11 is 5.78. The Morgan fingerprint density at radius 3 is 2.80 bits per heavy atom. The predicted molar refractivity (Wildman–Crippen MR) is 80.7 cm³/mol. The Kier molecular flexibility index (Phi) is 3.32. The number of hydrogen-bond donors (Lipinski definition) is 0. The van der Waals surface area contributed by atoms with Crippen LogP contribution in [0.4, 0.5) is 17.2 Å². The molecule has 0 unspecified atom stereocenters. The number of fused-ring (bicyclic) bond motifs is 2. The van der Waals surface area contributed by atoms with Gasteiger partial charge >= 0.3 is 0 Å². The number of aromatic nitrogens is 1. The normalized spacial score (nSPS) is 13.5. The molecule has 1 aromatic carbocycles. The summed E-state index contributed by atoms with van der Waals surface area (Å²) in [4.78, 5) is 20.4. The van der Waals surface area contributed by atoms with Crippen LogP contribution in [-0.4, -0.2) is 23.8 Å². The number of anilines is 3. The molecule has 0 saturated heterocycles. The molecule has 2 aromatic rings. The zero-order valence-electron chi connectivity index (χ0n) is 11.1. The molecule has 0 atom stereocenters. The highest BCUT2D eigenvalue weighted by molar-refractivity contribution is 6.30. The van der Waals surface area contributed by atoms with Gasteiger partial charge in [0.05, 0.1) is 11.4 Å². The third-order valence-corrected chi connectivity index (χ3v) is 3.62. The monoisotopic (exact) mass is 287 g/mol. The quantitative estimate of drug-likeness (QED) is 0.757. The average molecular weight is 288 g/mol. The van der Waals surface area contributed by atoms with Gasteiger partial charge in [-0.05, 0) is 23.8 Å². The van der Waals surface area contributed by atoms with Gasteiger partial charge in [0.1, 0.15) is 5.88 Å². The van der Waals surface area contributed by atoms with Crippen LogP contribution in [-0.2, 0) is 11.3 Å². The zero-order chi connectivity index (χ0) is 14.1. The van der Waals surface area contributed by atoms with Crippen LogP contribution in [0, 0.1) is 0 Å². The van der Waals surface area contributed by atoms with Crippen molar-refractivity contribution in [1.82, 2.24) is 4.98 Å². The SMILES string of the molecule is CN1Cc2ccccc2N(C(=O)CCl)c2ncccc21. The minimum absolute atomic E-state index is 0.0753. The lowest BCUT2D eigenvalue weighted by Gasteiger charge is -2.23. The Hall–Kier alpha value is -2.07. The van der Waals surface area contributed by atoms with E-state index in [0.717, 1.165) is 23.5 Å². The minimum atomic E-state index is -0.172. The fourth-order valence-electron chi connectivity index (χ4n) is 2.49. The number of halogens is 1. The molecule has 4 nitrogen and oxygen atoms in total. The predicted octanol–water partition coefficient (Wildman–Crippen LogP) is 2.93. The molecule has 0 radical (unpaired) electrons. The van der Waals surface area contributed by atoms with Crippen molar-refractivity contribution < 1.29 is 4.79 Å². The molecular formula is C15H14ClN3O. The molecule has 0 spiro atoms. The van der Waals surface area contributed by atoms with Crippen molar-refractivity contribution in [2.45, 2.75) is 6.54 Å². The minimum Gasteiger partial charge on any atom is -0.367 e. The van der Waals surface area contributed by atoms with E-state index in [-0.39, 0.29) is 11.8 Å². The molecule has 20 heavy (non-hydrogen) atoms. The van der Waals surface area contributed by atoms with Crippen LogP contribution in [0.5, 0.6) is 0 Å². The van der Waals surface area contributed by atoms with E-state index in [1.807, 2.05) is 43.4 Å². The molecule has 2 heterocycles. The Morgan fingerprint density at radius 1 is 1.25 bits per heavy atom. The summed E-state index contributed by atoms with van der Waals surface area (Å²) in [6, 6.07) is 11.7. The standard InChI is InChI=1S/C15H14ClN3O/c1-18-10-11-5-2-3-6-12(11)19(14(20)9-16)15-13(18)7-4-8-17-15/h2-8H,9-10H2,1H3. The van der Waals surface area contributed by atoms with Crippen molar-refractivity contribution in [2.24, 2.45) is 0 Å². The van der Waals surface area contributed by atoms with Crippen LogP contribution in [0.25, 0.3) is 0 Å². The Bertz CT molecular complexity index is 659. The second-order valence-corrected chi connectivity index (χ2v) is 4.96. The molecule has 5 heteroatoms. The number of para-hydroxylation sites is 1. The van der Waals surface area contributed by atoms with E-state index in [4.69, 9.17) is 11.6 Å². The highest BCUT2D eigenvalue weighted by Gasteiger charge is 2.27. The Morgan fingerprint density at radius 2 is 2.00 bits per heavy atom. The first-order chi connectivity index (χ1) is 9.72. The number of benzene rings is 1. The molecule has 0 saturated carbocycles. The molecule has 3 rings (SSSR count). The van der Waals surface area contributed by atoms with Gasteiger partial charge in [-0.1, -0.05) is 18.2 Å². The highest BCUT2D eigenvalue weighted by atomic mass is 35.5. The fourth-order valence-corrected chi connectivity index (χ4v) is 2.61. The van der Waals surface area contributed by atoms with E-state index in [0.29, 0.717) is 5.82 Å². The van der Waals surface area contributed by atoms with Crippen molar-refractivity contribution in [3.8, 4) is 0 Å². The van der Waals surface area contributed by atoms with Crippen molar-refractivity contribution in [3.63, 3.8) is 0 Å². The van der Waals surface area contributed by atoms with Crippen molar-refractivity contribution in [1.29, 1.82) is 0 Å². The maximum Gasteiger partial charge on any atom is 0.247 e. The second-order valence-electron chi connectivity index (χ2n) is 4.69. The lowest BCUT2D eigenvalue weighted by Crippen LogP contribution is -2.28. The third-order valence-electron chi connectivity index (χ3n) is 3.39. The van der Waals surface area contributed by atoms with Crippen molar-refractivity contribution in [3.05, 3.63) is 48.2 Å². The molecule has 0 bridgehead atoms. The van der Waals surface area contributed by atoms with Gasteiger partial charge < -0.3 is 4.90 Å². The van der Waals surface area contributed by atoms with E-state index in [1.165, 1.54) is 0 Å². The van der Waals surface area contributed by atoms with Crippen LogP contribution in [0.2, 0.25) is 0 Å². The fraction of sp³-hybridized carbons (Fsp3) is 0.200. The topological polar surface area (TPSA) is 36.4 Å². The summed E-state index contributed by atoms with van der Waals surface area (Å²) < 4.78 is 0. The molecule has 0 fully saturated rings. The van der Waals surface area contributed by atoms with Gasteiger partial charge in [-0.3, -0.25) is 9.69 Å². The summed E-state index contributed by atoms with van der Waals surface area (Å²) in [7, 11) is 1.99. The maximum atomic E-state index is 12.3. The number of carbonyl (C=O) groups excluding carboxylic acids is 1. The first kappa shape index (κ1) is 12.9. The first-order valence-corrected chi connectivity index (χ1v) is 6.89. The lowest BCUT2D eigenvalue weighted by molar-refractivity contribution is -0.115. The van der Waals surface area contributed by atoms with E-state index >= 15 is 0 Å². The highest BCUT2D eigenvalue weighted by Crippen LogP contribution is 2.38. The van der Waals surface area contributed by atoms with Crippen LogP contribution in [0.1, 0.15) is 5.56 Å². The second kappa shape index (κ2) is 5.13. The molecule has 1 amide bonds. The number of alkyl halides is 1. The van der Waals surface area contributed by atoms with E-state index in [1.54, 1.807) is 11.1 Å². The van der Waals surface area contributed by atoms with Gasteiger partial charge in [0.2, 0.25) is 5.91 Å². The maximum absolute atomic E-state index is 12.3. The summed E-state index contributed by atoms with van der Waals surface area (Å²) in [5, 5.41) is 0. The van der Waals surface area contributed by atoms with E-state index in [2.05, 4.69) is 9.88 Å². The summed E-state index contributed by atoms with van der Waals surface area (Å²) in [5.41, 5.74) is 2.84. The molecule has 102 valence electrons. The van der Waals surface area contributed by atoms with Gasteiger partial charge in [0.25, 0.3) is 0 Å². The van der Waals surface area contributed by atoms with Crippen LogP contribution >= 0.6 is 11.6 Å². The third kappa shape index (κ3) is 2.02. The van der Waals surface area contributed by atoms with Crippen LogP contribution in [0.15, 0.2) is 42.6 Å². The molecular weight excluding hydrogens is 274 g/mol. The molecule has 1 aliphatic rings. The largest absolute Gasteiger partial charge is 0.367 e. The molecule has 1 aromatic heterocycles. The molecule has 1 aliphatic heterocycles. The molecule has 0 N–H and O–H groups in total. The van der Waals surface area contributed by atoms with Crippen LogP contribution in [0.3, 0.4) is 0 Å². The van der Waals surface area contributed by atoms with Gasteiger partial charge in [-0.2, -0.15) is 0 Å². The van der Waals surface area contributed by atoms with Gasteiger partial charge in [0.15, 0.2) is 5.82 Å². The Balaban J connectivity index is 2.26.